The van der Waals surface area contributed by atoms with Gasteiger partial charge in [-0.15, -0.1) is 10.2 Å². The summed E-state index contributed by atoms with van der Waals surface area (Å²) in [7, 11) is 0. The van der Waals surface area contributed by atoms with E-state index in [2.05, 4.69) is 60.8 Å². The monoisotopic (exact) mass is 601 g/mol. The summed E-state index contributed by atoms with van der Waals surface area (Å²) in [6.45, 7) is 10.6. The first-order valence-corrected chi connectivity index (χ1v) is 15.7. The lowest BCUT2D eigenvalue weighted by atomic mass is 10.1. The molecule has 2 aromatic carbocycles. The molecular formula is C31H35N7O2S2. The van der Waals surface area contributed by atoms with Crippen LogP contribution in [0.4, 0.5) is 10.6 Å². The Bertz CT molecular complexity index is 1740. The zero-order chi connectivity index (χ0) is 30.0. The third-order valence-electron chi connectivity index (χ3n) is 7.06. The number of fused-ring (bicyclic) bond motifs is 1. The molecule has 0 radical (unpaired) electrons. The smallest absolute Gasteiger partial charge is 0.320 e. The van der Waals surface area contributed by atoms with Crippen LogP contribution in [0.15, 0.2) is 76.7 Å². The molecule has 0 bridgehead atoms. The van der Waals surface area contributed by atoms with Crippen molar-refractivity contribution in [3.63, 3.8) is 0 Å². The number of phenols is 1. The topological polar surface area (TPSA) is 109 Å². The number of urea groups is 1. The summed E-state index contributed by atoms with van der Waals surface area (Å²) in [5.41, 5.74) is 4.12. The zero-order valence-electron chi connectivity index (χ0n) is 24.5. The number of benzene rings is 2. The summed E-state index contributed by atoms with van der Waals surface area (Å²) in [5, 5.41) is 29.4. The highest BCUT2D eigenvalue weighted by Crippen LogP contribution is 2.35. The van der Waals surface area contributed by atoms with Crippen LogP contribution in [0, 0.1) is 6.92 Å². The van der Waals surface area contributed by atoms with Crippen LogP contribution in [-0.4, -0.2) is 41.8 Å². The Morgan fingerprint density at radius 1 is 1.07 bits per heavy atom. The molecule has 0 aliphatic carbocycles. The summed E-state index contributed by atoms with van der Waals surface area (Å²) >= 11 is 3.31. The van der Waals surface area contributed by atoms with Gasteiger partial charge in [-0.2, -0.15) is 16.9 Å². The molecule has 0 aliphatic rings. The van der Waals surface area contributed by atoms with E-state index in [-0.39, 0.29) is 22.4 Å². The van der Waals surface area contributed by atoms with Gasteiger partial charge in [-0.1, -0.05) is 43.8 Å². The highest BCUT2D eigenvalue weighted by molar-refractivity contribution is 7.99. The van der Waals surface area contributed by atoms with Crippen molar-refractivity contribution in [3.05, 3.63) is 89.5 Å². The van der Waals surface area contributed by atoms with Crippen molar-refractivity contribution in [2.75, 3.05) is 11.6 Å². The SMILES string of the molecule is CSC(C)(C)c1cc(NC(=O)NCc2ccccc2Sc2ccc3nnc(C(C)C)n3c2)n(-c2ccc(O)c(C)c2)n1. The van der Waals surface area contributed by atoms with Crippen molar-refractivity contribution < 1.29 is 9.90 Å². The molecule has 0 spiro atoms. The standard InChI is InChI=1S/C31H35N7O2S2/c1-19(2)29-35-34-27-14-12-23(18-37(27)29)42-25-10-8-7-9-21(25)17-32-30(40)33-28-16-26(31(4,5)41-6)36-38(28)22-11-13-24(39)20(3)15-22/h7-16,18-19,39H,17H2,1-6H3,(H2,32,33,40). The van der Waals surface area contributed by atoms with Gasteiger partial charge in [0.25, 0.3) is 0 Å². The quantitative estimate of drug-likeness (QED) is 0.165. The van der Waals surface area contributed by atoms with Gasteiger partial charge in [-0.05, 0) is 74.6 Å². The van der Waals surface area contributed by atoms with E-state index in [4.69, 9.17) is 5.10 Å². The molecule has 11 heteroatoms. The summed E-state index contributed by atoms with van der Waals surface area (Å²) in [4.78, 5) is 15.3. The number of aromatic hydroxyl groups is 1. The lowest BCUT2D eigenvalue weighted by molar-refractivity contribution is 0.251. The summed E-state index contributed by atoms with van der Waals surface area (Å²) in [5.74, 6) is 1.93. The normalized spacial score (nSPS) is 11.8. The zero-order valence-corrected chi connectivity index (χ0v) is 26.2. The van der Waals surface area contributed by atoms with Crippen LogP contribution in [-0.2, 0) is 11.3 Å². The number of anilines is 1. The maximum Gasteiger partial charge on any atom is 0.320 e. The largest absolute Gasteiger partial charge is 0.508 e. The fourth-order valence-corrected chi connectivity index (χ4v) is 5.67. The summed E-state index contributed by atoms with van der Waals surface area (Å²) in [6.07, 6.45) is 4.10. The molecule has 5 rings (SSSR count). The van der Waals surface area contributed by atoms with Gasteiger partial charge in [-0.3, -0.25) is 9.72 Å². The number of phenolic OH excluding ortho intramolecular Hbond substituents is 1. The lowest BCUT2D eigenvalue weighted by Gasteiger charge is -2.18. The van der Waals surface area contributed by atoms with Crippen molar-refractivity contribution in [2.45, 2.75) is 61.6 Å². The molecule has 0 aliphatic heterocycles. The van der Waals surface area contributed by atoms with E-state index in [1.807, 2.05) is 60.0 Å². The number of nitrogens with one attached hydrogen (secondary N) is 2. The highest BCUT2D eigenvalue weighted by Gasteiger charge is 2.25. The number of carbonyl (C=O) groups is 1. The van der Waals surface area contributed by atoms with Crippen LogP contribution in [0.3, 0.4) is 0 Å². The third kappa shape index (κ3) is 6.27. The van der Waals surface area contributed by atoms with Crippen LogP contribution in [0.25, 0.3) is 11.3 Å². The van der Waals surface area contributed by atoms with E-state index < -0.39 is 0 Å². The van der Waals surface area contributed by atoms with Crippen LogP contribution >= 0.6 is 23.5 Å². The van der Waals surface area contributed by atoms with Crippen molar-refractivity contribution in [2.24, 2.45) is 0 Å². The number of aromatic nitrogens is 5. The number of hydrogen-bond donors (Lipinski definition) is 3. The molecule has 3 aromatic heterocycles. The highest BCUT2D eigenvalue weighted by atomic mass is 32.2. The van der Waals surface area contributed by atoms with Gasteiger partial charge in [0, 0.05) is 34.5 Å². The Labute approximate surface area is 254 Å². The minimum absolute atomic E-state index is 0.210. The number of amides is 2. The fourth-order valence-electron chi connectivity index (χ4n) is 4.39. The fraction of sp³-hybridized carbons (Fsp3) is 0.290. The first-order chi connectivity index (χ1) is 20.1. The summed E-state index contributed by atoms with van der Waals surface area (Å²) < 4.78 is 3.48. The van der Waals surface area contributed by atoms with Crippen molar-refractivity contribution in [1.82, 2.24) is 29.7 Å². The maximum absolute atomic E-state index is 13.2. The van der Waals surface area contributed by atoms with E-state index in [0.717, 1.165) is 43.8 Å². The Kier molecular flexibility index (Phi) is 8.51. The van der Waals surface area contributed by atoms with E-state index >= 15 is 0 Å². The van der Waals surface area contributed by atoms with Crippen LogP contribution < -0.4 is 10.6 Å². The number of rotatable bonds is 9. The minimum atomic E-state index is -0.340. The predicted octanol–water partition coefficient (Wildman–Crippen LogP) is 7.12. The van der Waals surface area contributed by atoms with Crippen molar-refractivity contribution in [1.29, 1.82) is 0 Å². The van der Waals surface area contributed by atoms with Crippen LogP contribution in [0.5, 0.6) is 5.75 Å². The summed E-state index contributed by atoms with van der Waals surface area (Å²) in [6, 6.07) is 18.9. The molecule has 3 heterocycles. The number of thioether (sulfide) groups is 1. The Balaban J connectivity index is 1.34. The maximum atomic E-state index is 13.2. The minimum Gasteiger partial charge on any atom is -0.508 e. The number of carbonyl (C=O) groups excluding carboxylic acids is 1. The average molecular weight is 602 g/mol. The molecule has 218 valence electrons. The first-order valence-electron chi connectivity index (χ1n) is 13.7. The molecule has 9 nitrogen and oxygen atoms in total. The third-order valence-corrected chi connectivity index (χ3v) is 9.39. The van der Waals surface area contributed by atoms with Gasteiger partial charge < -0.3 is 10.4 Å². The van der Waals surface area contributed by atoms with E-state index in [1.54, 1.807) is 40.3 Å². The van der Waals surface area contributed by atoms with Gasteiger partial charge in [0.15, 0.2) is 5.65 Å². The van der Waals surface area contributed by atoms with Crippen molar-refractivity contribution in [3.8, 4) is 11.4 Å². The second-order valence-electron chi connectivity index (χ2n) is 10.8. The molecule has 2 amide bonds. The number of hydrogen-bond acceptors (Lipinski definition) is 7. The van der Waals surface area contributed by atoms with Crippen LogP contribution in [0.1, 0.15) is 56.3 Å². The van der Waals surface area contributed by atoms with Gasteiger partial charge in [0.05, 0.1) is 16.1 Å². The average Bonchev–Trinajstić information content (AvgIpc) is 3.59. The number of aryl methyl sites for hydroxylation is 1. The lowest BCUT2D eigenvalue weighted by Crippen LogP contribution is -2.29. The molecule has 0 saturated heterocycles. The van der Waals surface area contributed by atoms with E-state index in [1.165, 1.54) is 0 Å². The predicted molar refractivity (Wildman–Crippen MR) is 170 cm³/mol. The molecule has 0 fully saturated rings. The van der Waals surface area contributed by atoms with E-state index in [0.29, 0.717) is 12.4 Å². The molecule has 42 heavy (non-hydrogen) atoms. The van der Waals surface area contributed by atoms with Crippen molar-refractivity contribution >= 4 is 41.0 Å². The Morgan fingerprint density at radius 3 is 2.60 bits per heavy atom. The second-order valence-corrected chi connectivity index (χ2v) is 13.4. The van der Waals surface area contributed by atoms with Gasteiger partial charge in [0.1, 0.15) is 17.4 Å². The van der Waals surface area contributed by atoms with Gasteiger partial charge in [0.2, 0.25) is 0 Å². The van der Waals surface area contributed by atoms with Crippen LogP contribution in [0.2, 0.25) is 0 Å². The first kappa shape index (κ1) is 29.5. The molecular weight excluding hydrogens is 567 g/mol. The van der Waals surface area contributed by atoms with E-state index in [9.17, 15) is 9.90 Å². The molecule has 0 unspecified atom stereocenters. The molecule has 0 atom stereocenters. The number of nitrogens with zero attached hydrogens (tertiary/aromatic N) is 5. The van der Waals surface area contributed by atoms with Gasteiger partial charge in [-0.25, -0.2) is 9.48 Å². The number of pyridine rings is 1. The Morgan fingerprint density at radius 2 is 1.86 bits per heavy atom. The second kappa shape index (κ2) is 12.1. The molecule has 3 N–H and O–H groups in total. The Hall–Kier alpha value is -3.96. The molecule has 5 aromatic rings. The molecule has 0 saturated carbocycles. The van der Waals surface area contributed by atoms with Gasteiger partial charge >= 0.3 is 6.03 Å².